The Hall–Kier alpha value is -1.79. The number of para-hydroxylation sites is 1. The molecule has 1 aromatic carbocycles. The lowest BCUT2D eigenvalue weighted by atomic mass is 9.96. The molecule has 2 fully saturated rings. The van der Waals surface area contributed by atoms with E-state index >= 15 is 0 Å². The second kappa shape index (κ2) is 11.1. The van der Waals surface area contributed by atoms with Crippen molar-refractivity contribution in [3.8, 4) is 5.75 Å². The van der Waals surface area contributed by atoms with Gasteiger partial charge in [0.2, 0.25) is 11.8 Å². The Morgan fingerprint density at radius 1 is 1.04 bits per heavy atom. The van der Waals surface area contributed by atoms with Gasteiger partial charge in [-0.05, 0) is 37.9 Å². The molecule has 0 bridgehead atoms. The zero-order valence-corrected chi connectivity index (χ0v) is 16.6. The van der Waals surface area contributed by atoms with E-state index in [1.54, 1.807) is 0 Å². The molecule has 7 heteroatoms. The third-order valence-corrected chi connectivity index (χ3v) is 5.10. The van der Waals surface area contributed by atoms with Crippen molar-refractivity contribution in [1.29, 1.82) is 0 Å². The molecule has 1 N–H and O–H groups in total. The summed E-state index contributed by atoms with van der Waals surface area (Å²) in [5.74, 6) is 1.02. The molecule has 2 aliphatic rings. The van der Waals surface area contributed by atoms with Crippen LogP contribution in [0.4, 0.5) is 0 Å². The van der Waals surface area contributed by atoms with Gasteiger partial charge in [-0.2, -0.15) is 0 Å². The zero-order valence-electron chi connectivity index (χ0n) is 15.8. The van der Waals surface area contributed by atoms with Gasteiger partial charge in [0.1, 0.15) is 5.75 Å². The Morgan fingerprint density at radius 3 is 2.63 bits per heavy atom. The predicted octanol–water partition coefficient (Wildman–Crippen LogP) is 1.94. The molecular weight excluding hydrogens is 366 g/mol. The zero-order chi connectivity index (χ0) is 18.2. The van der Waals surface area contributed by atoms with Gasteiger partial charge in [0, 0.05) is 32.7 Å². The minimum Gasteiger partial charge on any atom is -0.493 e. The van der Waals surface area contributed by atoms with Gasteiger partial charge >= 0.3 is 0 Å². The highest BCUT2D eigenvalue weighted by atomic mass is 35.5. The number of likely N-dealkylation sites (tertiary alicyclic amines) is 1. The first-order chi connectivity index (χ1) is 12.7. The fourth-order valence-corrected chi connectivity index (χ4v) is 3.66. The fourth-order valence-electron chi connectivity index (χ4n) is 3.66. The first kappa shape index (κ1) is 21.5. The monoisotopic (exact) mass is 395 g/mol. The van der Waals surface area contributed by atoms with E-state index < -0.39 is 0 Å². The van der Waals surface area contributed by atoms with E-state index in [2.05, 4.69) is 5.32 Å². The third kappa shape index (κ3) is 6.40. The van der Waals surface area contributed by atoms with Crippen LogP contribution >= 0.6 is 12.4 Å². The van der Waals surface area contributed by atoms with Gasteiger partial charge < -0.3 is 19.9 Å². The average Bonchev–Trinajstić information content (AvgIpc) is 2.98. The maximum Gasteiger partial charge on any atom is 0.227 e. The summed E-state index contributed by atoms with van der Waals surface area (Å²) in [4.78, 5) is 29.1. The molecule has 1 atom stereocenters. The van der Waals surface area contributed by atoms with Crippen LogP contribution in [0, 0.1) is 5.92 Å². The van der Waals surface area contributed by atoms with Crippen LogP contribution in [-0.2, 0) is 9.59 Å². The molecule has 2 aliphatic heterocycles. The van der Waals surface area contributed by atoms with Crippen LogP contribution in [0.2, 0.25) is 0 Å². The highest BCUT2D eigenvalue weighted by Crippen LogP contribution is 2.20. The van der Waals surface area contributed by atoms with Gasteiger partial charge in [0.25, 0.3) is 0 Å². The van der Waals surface area contributed by atoms with E-state index in [9.17, 15) is 9.59 Å². The van der Waals surface area contributed by atoms with Crippen molar-refractivity contribution in [3.05, 3.63) is 30.3 Å². The number of rotatable bonds is 5. The first-order valence-electron chi connectivity index (χ1n) is 9.69. The van der Waals surface area contributed by atoms with E-state index in [0.29, 0.717) is 19.6 Å². The number of piperidine rings is 1. The number of benzene rings is 1. The first-order valence-corrected chi connectivity index (χ1v) is 9.69. The van der Waals surface area contributed by atoms with E-state index in [1.807, 2.05) is 40.1 Å². The van der Waals surface area contributed by atoms with Crippen LogP contribution < -0.4 is 10.1 Å². The standard InChI is InChI=1S/C20H29N3O3.ClH/c24-19(9-15-26-18-7-2-1-3-8-18)23-12-4-6-17(16-23)20(25)22-13-5-10-21-11-14-22;/h1-3,7-8,17,21H,4-6,9-16H2;1H. The van der Waals surface area contributed by atoms with Crippen LogP contribution in [0.25, 0.3) is 0 Å². The van der Waals surface area contributed by atoms with Crippen LogP contribution in [0.5, 0.6) is 5.75 Å². The highest BCUT2D eigenvalue weighted by Gasteiger charge is 2.31. The molecule has 1 aromatic rings. The van der Waals surface area contributed by atoms with Gasteiger partial charge in [-0.3, -0.25) is 9.59 Å². The summed E-state index contributed by atoms with van der Waals surface area (Å²) in [5, 5.41) is 3.33. The number of halogens is 1. The Kier molecular flexibility index (Phi) is 8.88. The number of nitrogens with zero attached hydrogens (tertiary/aromatic N) is 2. The van der Waals surface area contributed by atoms with E-state index in [1.165, 1.54) is 0 Å². The summed E-state index contributed by atoms with van der Waals surface area (Å²) in [6, 6.07) is 9.53. The third-order valence-electron chi connectivity index (χ3n) is 5.10. The molecule has 1 unspecified atom stereocenters. The molecule has 0 saturated carbocycles. The lowest BCUT2D eigenvalue weighted by Crippen LogP contribution is -2.47. The normalized spacial score (nSPS) is 20.4. The van der Waals surface area contributed by atoms with Gasteiger partial charge in [-0.25, -0.2) is 0 Å². The number of carbonyl (C=O) groups excluding carboxylic acids is 2. The summed E-state index contributed by atoms with van der Waals surface area (Å²) in [7, 11) is 0. The van der Waals surface area contributed by atoms with Crippen molar-refractivity contribution in [1.82, 2.24) is 15.1 Å². The van der Waals surface area contributed by atoms with Crippen molar-refractivity contribution >= 4 is 24.2 Å². The largest absolute Gasteiger partial charge is 0.493 e. The molecule has 6 nitrogen and oxygen atoms in total. The van der Waals surface area contributed by atoms with E-state index in [-0.39, 0.29) is 30.1 Å². The number of ether oxygens (including phenoxy) is 1. The maximum absolute atomic E-state index is 12.8. The lowest BCUT2D eigenvalue weighted by Gasteiger charge is -2.34. The highest BCUT2D eigenvalue weighted by molar-refractivity contribution is 5.85. The smallest absolute Gasteiger partial charge is 0.227 e. The van der Waals surface area contributed by atoms with Crippen LogP contribution in [0.15, 0.2) is 30.3 Å². The Bertz CT molecular complexity index is 591. The second-order valence-corrected chi connectivity index (χ2v) is 7.02. The minimum atomic E-state index is -0.0548. The number of amides is 2. The molecule has 2 heterocycles. The number of hydrogen-bond donors (Lipinski definition) is 1. The number of carbonyl (C=O) groups is 2. The topological polar surface area (TPSA) is 61.9 Å². The molecule has 27 heavy (non-hydrogen) atoms. The molecule has 0 radical (unpaired) electrons. The van der Waals surface area contributed by atoms with E-state index in [4.69, 9.17) is 4.74 Å². The van der Waals surface area contributed by atoms with Crippen LogP contribution in [0.1, 0.15) is 25.7 Å². The molecule has 0 spiro atoms. The molecule has 2 amide bonds. The van der Waals surface area contributed by atoms with Gasteiger partial charge in [0.15, 0.2) is 0 Å². The Balaban J connectivity index is 0.00000261. The summed E-state index contributed by atoms with van der Waals surface area (Å²) in [5.41, 5.74) is 0. The van der Waals surface area contributed by atoms with Crippen molar-refractivity contribution in [2.75, 3.05) is 45.9 Å². The van der Waals surface area contributed by atoms with Crippen LogP contribution in [0.3, 0.4) is 0 Å². The lowest BCUT2D eigenvalue weighted by molar-refractivity contribution is -0.141. The van der Waals surface area contributed by atoms with Crippen LogP contribution in [-0.4, -0.2) is 67.5 Å². The van der Waals surface area contributed by atoms with Gasteiger partial charge in [0.05, 0.1) is 18.9 Å². The molecule has 150 valence electrons. The van der Waals surface area contributed by atoms with Gasteiger partial charge in [-0.15, -0.1) is 12.4 Å². The fraction of sp³-hybridized carbons (Fsp3) is 0.600. The number of hydrogen-bond acceptors (Lipinski definition) is 4. The Morgan fingerprint density at radius 2 is 1.81 bits per heavy atom. The maximum atomic E-state index is 12.8. The van der Waals surface area contributed by atoms with E-state index in [0.717, 1.165) is 57.7 Å². The molecule has 2 saturated heterocycles. The quantitative estimate of drug-likeness (QED) is 0.827. The molecule has 0 aromatic heterocycles. The minimum absolute atomic E-state index is 0. The predicted molar refractivity (Wildman–Crippen MR) is 107 cm³/mol. The second-order valence-electron chi connectivity index (χ2n) is 7.02. The van der Waals surface area contributed by atoms with Crippen molar-refractivity contribution < 1.29 is 14.3 Å². The summed E-state index contributed by atoms with van der Waals surface area (Å²) >= 11 is 0. The Labute approximate surface area is 167 Å². The van der Waals surface area contributed by atoms with Gasteiger partial charge in [-0.1, -0.05) is 18.2 Å². The summed E-state index contributed by atoms with van der Waals surface area (Å²) < 4.78 is 5.62. The molecule has 3 rings (SSSR count). The molecular formula is C20H30ClN3O3. The SMILES string of the molecule is Cl.O=C(CCOc1ccccc1)N1CCCC(C(=O)N2CCCNCC2)C1. The summed E-state index contributed by atoms with van der Waals surface area (Å²) in [6.45, 7) is 5.09. The molecule has 0 aliphatic carbocycles. The summed E-state index contributed by atoms with van der Waals surface area (Å²) in [6.07, 6.45) is 3.13. The van der Waals surface area contributed by atoms with Crippen molar-refractivity contribution in [2.24, 2.45) is 5.92 Å². The van der Waals surface area contributed by atoms with Crippen molar-refractivity contribution in [3.63, 3.8) is 0 Å². The number of nitrogens with one attached hydrogen (secondary N) is 1. The van der Waals surface area contributed by atoms with Crippen molar-refractivity contribution in [2.45, 2.75) is 25.7 Å². The average molecular weight is 396 g/mol.